The molecule has 2 heteroatoms. The Morgan fingerprint density at radius 3 is 2.65 bits per heavy atom. The Kier molecular flexibility index (Phi) is 4.87. The molecule has 2 N–H and O–H groups in total. The van der Waals surface area contributed by atoms with Gasteiger partial charge in [0.2, 0.25) is 0 Å². The van der Waals surface area contributed by atoms with Gasteiger partial charge in [0, 0.05) is 12.0 Å². The van der Waals surface area contributed by atoms with Gasteiger partial charge in [-0.05, 0) is 50.5 Å². The summed E-state index contributed by atoms with van der Waals surface area (Å²) in [5.41, 5.74) is 0. The van der Waals surface area contributed by atoms with E-state index in [0.717, 1.165) is 24.8 Å². The maximum atomic E-state index is 10.3. The Morgan fingerprint density at radius 2 is 1.88 bits per heavy atom. The van der Waals surface area contributed by atoms with Gasteiger partial charge in [0.25, 0.3) is 0 Å². The summed E-state index contributed by atoms with van der Waals surface area (Å²) in [5, 5.41) is 14.0. The highest BCUT2D eigenvalue weighted by Crippen LogP contribution is 2.37. The van der Waals surface area contributed by atoms with Crippen molar-refractivity contribution in [1.29, 1.82) is 0 Å². The molecule has 0 bridgehead atoms. The van der Waals surface area contributed by atoms with Gasteiger partial charge >= 0.3 is 0 Å². The van der Waals surface area contributed by atoms with Gasteiger partial charge in [-0.15, -0.1) is 0 Å². The third kappa shape index (κ3) is 3.45. The molecule has 1 heterocycles. The number of hydrogen-bond acceptors (Lipinski definition) is 2. The minimum absolute atomic E-state index is 0.0550. The van der Waals surface area contributed by atoms with Crippen LogP contribution in [-0.4, -0.2) is 23.8 Å². The average Bonchev–Trinajstić information content (AvgIpc) is 2.58. The molecule has 17 heavy (non-hydrogen) atoms. The zero-order valence-corrected chi connectivity index (χ0v) is 11.5. The van der Waals surface area contributed by atoms with Crippen LogP contribution < -0.4 is 5.32 Å². The standard InChI is InChI=1S/C15H29NO/c1-11(2)12-7-8-15(17)13(10-12)14-6-4-3-5-9-16-14/h11-17H,3-10H2,1-2H3. The molecule has 0 amide bonds. The smallest absolute Gasteiger partial charge is 0.0583 e. The third-order valence-electron chi connectivity index (χ3n) is 4.96. The van der Waals surface area contributed by atoms with E-state index in [1.54, 1.807) is 0 Å². The molecule has 4 atom stereocenters. The molecule has 1 saturated heterocycles. The van der Waals surface area contributed by atoms with E-state index >= 15 is 0 Å². The van der Waals surface area contributed by atoms with Gasteiger partial charge in [-0.3, -0.25) is 0 Å². The second-order valence-corrected chi connectivity index (χ2v) is 6.46. The molecule has 2 fully saturated rings. The first-order valence-corrected chi connectivity index (χ1v) is 7.60. The van der Waals surface area contributed by atoms with E-state index in [1.165, 1.54) is 38.5 Å². The first kappa shape index (κ1) is 13.4. The van der Waals surface area contributed by atoms with Crippen LogP contribution in [0.25, 0.3) is 0 Å². The predicted octanol–water partition coefficient (Wildman–Crippen LogP) is 2.95. The van der Waals surface area contributed by atoms with E-state index in [9.17, 15) is 5.11 Å². The molecule has 0 radical (unpaired) electrons. The van der Waals surface area contributed by atoms with E-state index < -0.39 is 0 Å². The molecule has 0 aromatic heterocycles. The van der Waals surface area contributed by atoms with Gasteiger partial charge < -0.3 is 10.4 Å². The topological polar surface area (TPSA) is 32.3 Å². The maximum absolute atomic E-state index is 10.3. The van der Waals surface area contributed by atoms with E-state index in [-0.39, 0.29) is 6.10 Å². The van der Waals surface area contributed by atoms with Crippen LogP contribution >= 0.6 is 0 Å². The first-order chi connectivity index (χ1) is 8.18. The van der Waals surface area contributed by atoms with Crippen molar-refractivity contribution in [2.45, 2.75) is 70.9 Å². The molecule has 1 aliphatic carbocycles. The lowest BCUT2D eigenvalue weighted by Crippen LogP contribution is -2.45. The van der Waals surface area contributed by atoms with Crippen molar-refractivity contribution in [3.63, 3.8) is 0 Å². The zero-order valence-electron chi connectivity index (χ0n) is 11.5. The summed E-state index contributed by atoms with van der Waals surface area (Å²) >= 11 is 0. The van der Waals surface area contributed by atoms with Crippen molar-refractivity contribution in [3.05, 3.63) is 0 Å². The summed E-state index contributed by atoms with van der Waals surface area (Å²) in [6.07, 6.45) is 8.71. The SMILES string of the molecule is CC(C)C1CCC(O)C(C2CCCCCN2)C1. The largest absolute Gasteiger partial charge is 0.393 e. The summed E-state index contributed by atoms with van der Waals surface area (Å²) in [4.78, 5) is 0. The van der Waals surface area contributed by atoms with Gasteiger partial charge in [-0.1, -0.05) is 26.7 Å². The second-order valence-electron chi connectivity index (χ2n) is 6.46. The van der Waals surface area contributed by atoms with Crippen LogP contribution in [-0.2, 0) is 0 Å². The highest BCUT2D eigenvalue weighted by atomic mass is 16.3. The van der Waals surface area contributed by atoms with Gasteiger partial charge in [-0.25, -0.2) is 0 Å². The Morgan fingerprint density at radius 1 is 1.06 bits per heavy atom. The fraction of sp³-hybridized carbons (Fsp3) is 1.00. The quantitative estimate of drug-likeness (QED) is 0.776. The van der Waals surface area contributed by atoms with Crippen molar-refractivity contribution in [1.82, 2.24) is 5.32 Å². The lowest BCUT2D eigenvalue weighted by Gasteiger charge is -2.39. The monoisotopic (exact) mass is 239 g/mol. The fourth-order valence-electron chi connectivity index (χ4n) is 3.68. The summed E-state index contributed by atoms with van der Waals surface area (Å²) < 4.78 is 0. The van der Waals surface area contributed by atoms with Gasteiger partial charge in [0.05, 0.1) is 6.10 Å². The fourth-order valence-corrected chi connectivity index (χ4v) is 3.68. The van der Waals surface area contributed by atoms with Gasteiger partial charge in [-0.2, -0.15) is 0 Å². The molecule has 4 unspecified atom stereocenters. The van der Waals surface area contributed by atoms with Crippen LogP contribution in [0.2, 0.25) is 0 Å². The highest BCUT2D eigenvalue weighted by Gasteiger charge is 2.35. The van der Waals surface area contributed by atoms with Crippen molar-refractivity contribution < 1.29 is 5.11 Å². The number of aliphatic hydroxyl groups excluding tert-OH is 1. The van der Waals surface area contributed by atoms with Crippen molar-refractivity contribution in [3.8, 4) is 0 Å². The first-order valence-electron chi connectivity index (χ1n) is 7.60. The summed E-state index contributed by atoms with van der Waals surface area (Å²) in [6, 6.07) is 0.578. The molecule has 0 spiro atoms. The maximum Gasteiger partial charge on any atom is 0.0583 e. The van der Waals surface area contributed by atoms with Crippen molar-refractivity contribution >= 4 is 0 Å². The Bertz CT molecular complexity index is 221. The summed E-state index contributed by atoms with van der Waals surface area (Å²) in [6.45, 7) is 5.82. The Labute approximate surface area is 106 Å². The molecular formula is C15H29NO. The minimum atomic E-state index is -0.0550. The average molecular weight is 239 g/mol. The normalized spacial score (nSPS) is 40.2. The predicted molar refractivity (Wildman–Crippen MR) is 71.9 cm³/mol. The number of rotatable bonds is 2. The Hall–Kier alpha value is -0.0800. The van der Waals surface area contributed by atoms with E-state index in [4.69, 9.17) is 0 Å². The zero-order chi connectivity index (χ0) is 12.3. The lowest BCUT2D eigenvalue weighted by atomic mass is 9.71. The van der Waals surface area contributed by atoms with Crippen LogP contribution in [0.15, 0.2) is 0 Å². The van der Waals surface area contributed by atoms with E-state index in [2.05, 4.69) is 19.2 Å². The van der Waals surface area contributed by atoms with Crippen LogP contribution in [0.4, 0.5) is 0 Å². The van der Waals surface area contributed by atoms with Gasteiger partial charge in [0.1, 0.15) is 0 Å². The minimum Gasteiger partial charge on any atom is -0.393 e. The highest BCUT2D eigenvalue weighted by molar-refractivity contribution is 4.89. The summed E-state index contributed by atoms with van der Waals surface area (Å²) in [5.74, 6) is 2.11. The molecule has 1 aliphatic heterocycles. The molecular weight excluding hydrogens is 210 g/mol. The molecule has 100 valence electrons. The number of aliphatic hydroxyl groups is 1. The van der Waals surface area contributed by atoms with Crippen LogP contribution in [0, 0.1) is 17.8 Å². The van der Waals surface area contributed by atoms with Crippen molar-refractivity contribution in [2.24, 2.45) is 17.8 Å². The van der Waals surface area contributed by atoms with Crippen molar-refractivity contribution in [2.75, 3.05) is 6.54 Å². The van der Waals surface area contributed by atoms with E-state index in [0.29, 0.717) is 12.0 Å². The second kappa shape index (κ2) is 6.19. The van der Waals surface area contributed by atoms with Gasteiger partial charge in [0.15, 0.2) is 0 Å². The van der Waals surface area contributed by atoms with E-state index in [1.807, 2.05) is 0 Å². The third-order valence-corrected chi connectivity index (χ3v) is 4.96. The molecule has 2 aliphatic rings. The molecule has 2 nitrogen and oxygen atoms in total. The lowest BCUT2D eigenvalue weighted by molar-refractivity contribution is 0.0177. The molecule has 2 rings (SSSR count). The van der Waals surface area contributed by atoms with Crippen LogP contribution in [0.1, 0.15) is 58.8 Å². The number of hydrogen-bond donors (Lipinski definition) is 2. The van der Waals surface area contributed by atoms with Crippen LogP contribution in [0.5, 0.6) is 0 Å². The molecule has 1 saturated carbocycles. The molecule has 0 aromatic carbocycles. The number of nitrogens with one attached hydrogen (secondary N) is 1. The molecule has 0 aromatic rings. The summed E-state index contributed by atoms with van der Waals surface area (Å²) in [7, 11) is 0. The van der Waals surface area contributed by atoms with Crippen LogP contribution in [0.3, 0.4) is 0 Å². The Balaban J connectivity index is 1.95.